The molecule has 0 amide bonds. The van der Waals surface area contributed by atoms with Crippen LogP contribution >= 0.6 is 22.9 Å². The molecule has 2 aromatic heterocycles. The number of rotatable bonds is 3. The zero-order valence-electron chi connectivity index (χ0n) is 15.7. The average Bonchev–Trinajstić information content (AvgIpc) is 3.08. The molecular formula is C23H22ClFN2S. The fourth-order valence-electron chi connectivity index (χ4n) is 3.45. The Labute approximate surface area is 174 Å². The highest BCUT2D eigenvalue weighted by molar-refractivity contribution is 7.16. The summed E-state index contributed by atoms with van der Waals surface area (Å²) >= 11 is 7.90. The van der Waals surface area contributed by atoms with Gasteiger partial charge in [-0.1, -0.05) is 61.2 Å². The normalized spacial score (nSPS) is 15.9. The average molecular weight is 413 g/mol. The summed E-state index contributed by atoms with van der Waals surface area (Å²) in [7, 11) is 2.11. The monoisotopic (exact) mass is 412 g/mol. The zero-order chi connectivity index (χ0) is 20.1. The van der Waals surface area contributed by atoms with Crippen molar-refractivity contribution in [3.8, 4) is 11.1 Å². The summed E-state index contributed by atoms with van der Waals surface area (Å²) in [5.74, 6) is -0.254. The molecule has 3 heterocycles. The molecule has 4 rings (SSSR count). The summed E-state index contributed by atoms with van der Waals surface area (Å²) in [5, 5.41) is 0. The van der Waals surface area contributed by atoms with Crippen LogP contribution in [0.15, 0.2) is 74.0 Å². The lowest BCUT2D eigenvalue weighted by molar-refractivity contribution is 0.299. The minimum absolute atomic E-state index is 0.179. The fraction of sp³-hybridized carbons (Fsp3) is 0.174. The zero-order valence-corrected chi connectivity index (χ0v) is 17.3. The topological polar surface area (TPSA) is 16.1 Å². The smallest absolute Gasteiger partial charge is 0.220 e. The predicted molar refractivity (Wildman–Crippen MR) is 118 cm³/mol. The summed E-state index contributed by atoms with van der Waals surface area (Å²) < 4.78 is 15.1. The van der Waals surface area contributed by atoms with E-state index in [1.54, 1.807) is 35.6 Å². The minimum atomic E-state index is -0.433. The van der Waals surface area contributed by atoms with E-state index < -0.39 is 5.95 Å². The number of aromatic nitrogens is 1. The first kappa shape index (κ1) is 20.5. The molecule has 0 saturated heterocycles. The molecule has 0 N–H and O–H groups in total. The van der Waals surface area contributed by atoms with Crippen molar-refractivity contribution in [1.82, 2.24) is 9.88 Å². The maximum Gasteiger partial charge on any atom is 0.220 e. The third-order valence-electron chi connectivity index (χ3n) is 4.65. The molecule has 0 saturated carbocycles. The van der Waals surface area contributed by atoms with Gasteiger partial charge in [0.25, 0.3) is 0 Å². The lowest BCUT2D eigenvalue weighted by atomic mass is 9.84. The largest absolute Gasteiger partial charge is 0.300 e. The van der Waals surface area contributed by atoms with E-state index in [0.29, 0.717) is 5.56 Å². The second-order valence-electron chi connectivity index (χ2n) is 6.58. The molecular weight excluding hydrogens is 391 g/mol. The Morgan fingerprint density at radius 3 is 2.57 bits per heavy atom. The van der Waals surface area contributed by atoms with Crippen molar-refractivity contribution in [2.24, 2.45) is 0 Å². The van der Waals surface area contributed by atoms with Gasteiger partial charge in [0.05, 0.1) is 4.34 Å². The fourth-order valence-corrected chi connectivity index (χ4v) is 4.87. The van der Waals surface area contributed by atoms with Crippen LogP contribution in [0.4, 0.5) is 4.39 Å². The van der Waals surface area contributed by atoms with Crippen LogP contribution in [0.3, 0.4) is 0 Å². The quantitative estimate of drug-likeness (QED) is 0.358. The van der Waals surface area contributed by atoms with Crippen LogP contribution in [0, 0.1) is 5.95 Å². The van der Waals surface area contributed by atoms with Gasteiger partial charge in [0.15, 0.2) is 0 Å². The molecule has 5 heteroatoms. The van der Waals surface area contributed by atoms with E-state index in [9.17, 15) is 4.39 Å². The SMILES string of the molecule is C=CC=C.CN1Cc2sc(Cl)cc2C(c2ccccc2-c2cccnc2F)C1. The van der Waals surface area contributed by atoms with Crippen LogP contribution in [0.5, 0.6) is 0 Å². The molecule has 0 radical (unpaired) electrons. The highest BCUT2D eigenvalue weighted by Gasteiger charge is 2.29. The highest BCUT2D eigenvalue weighted by atomic mass is 35.5. The van der Waals surface area contributed by atoms with Crippen molar-refractivity contribution in [3.63, 3.8) is 0 Å². The molecule has 2 nitrogen and oxygen atoms in total. The van der Waals surface area contributed by atoms with Gasteiger partial charge in [-0.25, -0.2) is 4.98 Å². The van der Waals surface area contributed by atoms with Gasteiger partial charge in [0, 0.05) is 35.6 Å². The van der Waals surface area contributed by atoms with E-state index in [1.165, 1.54) is 16.6 Å². The lowest BCUT2D eigenvalue weighted by Gasteiger charge is -2.31. The summed E-state index contributed by atoms with van der Waals surface area (Å²) in [6, 6.07) is 13.6. The lowest BCUT2D eigenvalue weighted by Crippen LogP contribution is -2.30. The Bertz CT molecular complexity index is 976. The number of hydrogen-bond donors (Lipinski definition) is 0. The second-order valence-corrected chi connectivity index (χ2v) is 8.35. The first-order chi connectivity index (χ1) is 13.5. The molecule has 1 atom stereocenters. The van der Waals surface area contributed by atoms with Gasteiger partial charge in [-0.15, -0.1) is 11.3 Å². The molecule has 1 aliphatic rings. The molecule has 144 valence electrons. The van der Waals surface area contributed by atoms with Crippen molar-refractivity contribution in [2.45, 2.75) is 12.5 Å². The molecule has 1 unspecified atom stereocenters. The maximum absolute atomic E-state index is 14.3. The summed E-state index contributed by atoms with van der Waals surface area (Å²) in [5.41, 5.74) is 3.83. The van der Waals surface area contributed by atoms with Crippen molar-refractivity contribution in [1.29, 1.82) is 0 Å². The van der Waals surface area contributed by atoms with Gasteiger partial charge < -0.3 is 4.90 Å². The third kappa shape index (κ3) is 4.41. The third-order valence-corrected chi connectivity index (χ3v) is 5.91. The number of halogens is 2. The van der Waals surface area contributed by atoms with Gasteiger partial charge in [-0.05, 0) is 41.9 Å². The van der Waals surface area contributed by atoms with Crippen LogP contribution in [-0.2, 0) is 6.54 Å². The van der Waals surface area contributed by atoms with Crippen molar-refractivity contribution < 1.29 is 4.39 Å². The number of thiophene rings is 1. The number of likely N-dealkylation sites (N-methyl/N-ethyl adjacent to an activating group) is 1. The van der Waals surface area contributed by atoms with Crippen LogP contribution < -0.4 is 0 Å². The van der Waals surface area contributed by atoms with Gasteiger partial charge in [-0.2, -0.15) is 4.39 Å². The van der Waals surface area contributed by atoms with Crippen molar-refractivity contribution >= 4 is 22.9 Å². The Hall–Kier alpha value is -2.27. The van der Waals surface area contributed by atoms with Gasteiger partial charge in [-0.3, -0.25) is 0 Å². The maximum atomic E-state index is 14.3. The summed E-state index contributed by atoms with van der Waals surface area (Å²) in [4.78, 5) is 7.39. The van der Waals surface area contributed by atoms with Crippen molar-refractivity contribution in [3.05, 3.63) is 100 Å². The molecule has 0 spiro atoms. The second kappa shape index (κ2) is 9.28. The summed E-state index contributed by atoms with van der Waals surface area (Å²) in [6.45, 7) is 8.52. The number of allylic oxidation sites excluding steroid dienone is 2. The van der Waals surface area contributed by atoms with E-state index >= 15 is 0 Å². The molecule has 0 fully saturated rings. The molecule has 0 bridgehead atoms. The highest BCUT2D eigenvalue weighted by Crippen LogP contribution is 2.42. The molecule has 1 aromatic carbocycles. The van der Waals surface area contributed by atoms with E-state index in [2.05, 4.69) is 42.2 Å². The number of hydrogen-bond acceptors (Lipinski definition) is 3. The Morgan fingerprint density at radius 2 is 1.86 bits per heavy atom. The van der Waals surface area contributed by atoms with E-state index in [4.69, 9.17) is 11.6 Å². The van der Waals surface area contributed by atoms with Gasteiger partial charge >= 0.3 is 0 Å². The first-order valence-corrected chi connectivity index (χ1v) is 10.1. The van der Waals surface area contributed by atoms with Crippen LogP contribution in [0.1, 0.15) is 21.9 Å². The Balaban J connectivity index is 0.000000516. The predicted octanol–water partition coefficient (Wildman–Crippen LogP) is 6.54. The molecule has 28 heavy (non-hydrogen) atoms. The van der Waals surface area contributed by atoms with E-state index in [1.807, 2.05) is 18.2 Å². The van der Waals surface area contributed by atoms with Crippen LogP contribution in [-0.4, -0.2) is 23.5 Å². The summed E-state index contributed by atoms with van der Waals surface area (Å²) in [6.07, 6.45) is 4.76. The number of benzene rings is 1. The van der Waals surface area contributed by atoms with Crippen LogP contribution in [0.2, 0.25) is 4.34 Å². The Morgan fingerprint density at radius 1 is 1.14 bits per heavy atom. The van der Waals surface area contributed by atoms with Crippen molar-refractivity contribution in [2.75, 3.05) is 13.6 Å². The van der Waals surface area contributed by atoms with Gasteiger partial charge in [0.1, 0.15) is 0 Å². The van der Waals surface area contributed by atoms with E-state index in [-0.39, 0.29) is 5.92 Å². The first-order valence-electron chi connectivity index (χ1n) is 8.95. The minimum Gasteiger partial charge on any atom is -0.300 e. The Kier molecular flexibility index (Phi) is 6.79. The number of pyridine rings is 1. The molecule has 3 aromatic rings. The van der Waals surface area contributed by atoms with Gasteiger partial charge in [0.2, 0.25) is 5.95 Å². The van der Waals surface area contributed by atoms with Crippen LogP contribution in [0.25, 0.3) is 11.1 Å². The standard InChI is InChI=1S/C19H16ClFN2S.C4H6/c1-23-10-16(15-9-18(20)24-17(15)11-23)13-6-3-2-5-12(13)14-7-4-8-22-19(14)21;1-3-4-2/h2-9,16H,10-11H2,1H3;3-4H,1-2H2. The van der Waals surface area contributed by atoms with E-state index in [0.717, 1.165) is 28.6 Å². The molecule has 1 aliphatic heterocycles. The number of nitrogens with zero attached hydrogens (tertiary/aromatic N) is 2. The molecule has 0 aliphatic carbocycles. The number of fused-ring (bicyclic) bond motifs is 1.